The SMILES string of the molecule is CCCCC(CC)CC(C)(CN)CO. The van der Waals surface area contributed by atoms with E-state index < -0.39 is 0 Å². The highest BCUT2D eigenvalue weighted by atomic mass is 16.3. The van der Waals surface area contributed by atoms with Crippen molar-refractivity contribution in [1.29, 1.82) is 0 Å². The zero-order valence-corrected chi connectivity index (χ0v) is 10.1. The molecule has 0 amide bonds. The maximum absolute atomic E-state index is 9.28. The van der Waals surface area contributed by atoms with Crippen molar-refractivity contribution in [1.82, 2.24) is 0 Å². The summed E-state index contributed by atoms with van der Waals surface area (Å²) in [6.45, 7) is 7.34. The summed E-state index contributed by atoms with van der Waals surface area (Å²) in [4.78, 5) is 0. The molecule has 86 valence electrons. The van der Waals surface area contributed by atoms with Gasteiger partial charge in [0.05, 0.1) is 0 Å². The second-order valence-corrected chi connectivity index (χ2v) is 4.79. The summed E-state index contributed by atoms with van der Waals surface area (Å²) in [5.41, 5.74) is 5.63. The summed E-state index contributed by atoms with van der Waals surface area (Å²) in [7, 11) is 0. The molecule has 3 N–H and O–H groups in total. The van der Waals surface area contributed by atoms with Gasteiger partial charge in [0.25, 0.3) is 0 Å². The highest BCUT2D eigenvalue weighted by molar-refractivity contribution is 4.77. The number of aliphatic hydroxyl groups is 1. The van der Waals surface area contributed by atoms with Crippen LogP contribution in [0.25, 0.3) is 0 Å². The second-order valence-electron chi connectivity index (χ2n) is 4.79. The van der Waals surface area contributed by atoms with Gasteiger partial charge in [-0.1, -0.05) is 46.5 Å². The number of rotatable bonds is 8. The molecule has 2 heteroatoms. The van der Waals surface area contributed by atoms with Crippen LogP contribution in [0, 0.1) is 11.3 Å². The minimum absolute atomic E-state index is 0.0611. The lowest BCUT2D eigenvalue weighted by Crippen LogP contribution is -2.33. The van der Waals surface area contributed by atoms with Gasteiger partial charge in [0, 0.05) is 12.0 Å². The van der Waals surface area contributed by atoms with E-state index >= 15 is 0 Å². The van der Waals surface area contributed by atoms with Crippen molar-refractivity contribution >= 4 is 0 Å². The first kappa shape index (κ1) is 13.9. The van der Waals surface area contributed by atoms with E-state index in [2.05, 4.69) is 20.8 Å². The van der Waals surface area contributed by atoms with Gasteiger partial charge >= 0.3 is 0 Å². The summed E-state index contributed by atoms with van der Waals surface area (Å²) in [5.74, 6) is 0.732. The summed E-state index contributed by atoms with van der Waals surface area (Å²) in [6.07, 6.45) is 6.11. The largest absolute Gasteiger partial charge is 0.396 e. The van der Waals surface area contributed by atoms with Crippen LogP contribution in [0.1, 0.15) is 52.9 Å². The molecule has 0 aliphatic heterocycles. The van der Waals surface area contributed by atoms with Gasteiger partial charge in [-0.2, -0.15) is 0 Å². The molecule has 0 spiro atoms. The number of nitrogens with two attached hydrogens (primary N) is 1. The van der Waals surface area contributed by atoms with Crippen molar-refractivity contribution in [3.05, 3.63) is 0 Å². The third kappa shape index (κ3) is 4.97. The van der Waals surface area contributed by atoms with E-state index in [1.165, 1.54) is 25.7 Å². The van der Waals surface area contributed by atoms with Crippen LogP contribution >= 0.6 is 0 Å². The molecule has 2 atom stereocenters. The maximum Gasteiger partial charge on any atom is 0.0496 e. The fourth-order valence-corrected chi connectivity index (χ4v) is 1.85. The molecule has 14 heavy (non-hydrogen) atoms. The van der Waals surface area contributed by atoms with Crippen molar-refractivity contribution in [3.8, 4) is 0 Å². The van der Waals surface area contributed by atoms with Crippen molar-refractivity contribution in [2.75, 3.05) is 13.2 Å². The molecule has 2 nitrogen and oxygen atoms in total. The summed E-state index contributed by atoms with van der Waals surface area (Å²) in [6, 6.07) is 0. The lowest BCUT2D eigenvalue weighted by molar-refractivity contribution is 0.116. The lowest BCUT2D eigenvalue weighted by atomic mass is 9.79. The molecule has 0 saturated heterocycles. The normalized spacial score (nSPS) is 17.8. The van der Waals surface area contributed by atoms with Crippen LogP contribution in [0.15, 0.2) is 0 Å². The Morgan fingerprint density at radius 3 is 2.36 bits per heavy atom. The van der Waals surface area contributed by atoms with E-state index in [0.29, 0.717) is 6.54 Å². The van der Waals surface area contributed by atoms with Gasteiger partial charge in [-0.3, -0.25) is 0 Å². The molecule has 0 aromatic carbocycles. The molecule has 2 unspecified atom stereocenters. The third-order valence-electron chi connectivity index (χ3n) is 3.20. The Bertz CT molecular complexity index is 132. The first-order chi connectivity index (χ1) is 6.61. The molecule has 0 bridgehead atoms. The van der Waals surface area contributed by atoms with Crippen LogP contribution in [-0.4, -0.2) is 18.3 Å². The zero-order chi connectivity index (χ0) is 11.0. The van der Waals surface area contributed by atoms with E-state index in [1.807, 2.05) is 0 Å². The topological polar surface area (TPSA) is 46.2 Å². The highest BCUT2D eigenvalue weighted by Gasteiger charge is 2.24. The Morgan fingerprint density at radius 2 is 2.00 bits per heavy atom. The number of hydrogen-bond donors (Lipinski definition) is 2. The molecule has 0 saturated carbocycles. The van der Waals surface area contributed by atoms with Gasteiger partial charge in [0.15, 0.2) is 0 Å². The lowest BCUT2D eigenvalue weighted by Gasteiger charge is -2.30. The summed E-state index contributed by atoms with van der Waals surface area (Å²) >= 11 is 0. The zero-order valence-electron chi connectivity index (χ0n) is 10.1. The smallest absolute Gasteiger partial charge is 0.0496 e. The summed E-state index contributed by atoms with van der Waals surface area (Å²) < 4.78 is 0. The van der Waals surface area contributed by atoms with Gasteiger partial charge in [0.1, 0.15) is 0 Å². The van der Waals surface area contributed by atoms with Crippen LogP contribution in [-0.2, 0) is 0 Å². The number of hydrogen-bond acceptors (Lipinski definition) is 2. The average molecular weight is 201 g/mol. The van der Waals surface area contributed by atoms with E-state index in [0.717, 1.165) is 12.3 Å². The van der Waals surface area contributed by atoms with E-state index in [-0.39, 0.29) is 12.0 Å². The van der Waals surface area contributed by atoms with Crippen LogP contribution in [0.3, 0.4) is 0 Å². The summed E-state index contributed by atoms with van der Waals surface area (Å²) in [5, 5.41) is 9.28. The van der Waals surface area contributed by atoms with Crippen molar-refractivity contribution in [2.24, 2.45) is 17.1 Å². The Kier molecular flexibility index (Phi) is 7.20. The molecule has 0 fully saturated rings. The monoisotopic (exact) mass is 201 g/mol. The molecule has 0 radical (unpaired) electrons. The maximum atomic E-state index is 9.28. The first-order valence-corrected chi connectivity index (χ1v) is 5.92. The number of unbranched alkanes of at least 4 members (excludes halogenated alkanes) is 1. The fraction of sp³-hybridized carbons (Fsp3) is 1.00. The van der Waals surface area contributed by atoms with Crippen LogP contribution < -0.4 is 5.73 Å². The van der Waals surface area contributed by atoms with Crippen molar-refractivity contribution < 1.29 is 5.11 Å². The molecule has 0 aliphatic carbocycles. The molecule has 0 rings (SSSR count). The minimum Gasteiger partial charge on any atom is -0.396 e. The van der Waals surface area contributed by atoms with Crippen molar-refractivity contribution in [3.63, 3.8) is 0 Å². The van der Waals surface area contributed by atoms with E-state index in [9.17, 15) is 5.11 Å². The minimum atomic E-state index is -0.0611. The molecule has 0 aromatic rings. The van der Waals surface area contributed by atoms with Gasteiger partial charge in [-0.25, -0.2) is 0 Å². The van der Waals surface area contributed by atoms with Crippen LogP contribution in [0.4, 0.5) is 0 Å². The average Bonchev–Trinajstić information content (AvgIpc) is 2.23. The predicted molar refractivity (Wildman–Crippen MR) is 62.2 cm³/mol. The standard InChI is InChI=1S/C12H27NO/c1-4-6-7-11(5-2)8-12(3,9-13)10-14/h11,14H,4-10,13H2,1-3H3. The highest BCUT2D eigenvalue weighted by Crippen LogP contribution is 2.29. The molecule has 0 aliphatic rings. The van der Waals surface area contributed by atoms with Gasteiger partial charge < -0.3 is 10.8 Å². The Hall–Kier alpha value is -0.0800. The predicted octanol–water partition coefficient (Wildman–Crippen LogP) is 2.55. The van der Waals surface area contributed by atoms with E-state index in [4.69, 9.17) is 5.73 Å². The Morgan fingerprint density at radius 1 is 1.36 bits per heavy atom. The third-order valence-corrected chi connectivity index (χ3v) is 3.20. The molecule has 0 aromatic heterocycles. The molecular weight excluding hydrogens is 174 g/mol. The van der Waals surface area contributed by atoms with Crippen LogP contribution in [0.2, 0.25) is 0 Å². The Labute approximate surface area is 88.9 Å². The molecular formula is C12H27NO. The quantitative estimate of drug-likeness (QED) is 0.634. The van der Waals surface area contributed by atoms with E-state index in [1.54, 1.807) is 0 Å². The first-order valence-electron chi connectivity index (χ1n) is 5.92. The fourth-order valence-electron chi connectivity index (χ4n) is 1.85. The van der Waals surface area contributed by atoms with Gasteiger partial charge in [0.2, 0.25) is 0 Å². The van der Waals surface area contributed by atoms with Crippen LogP contribution in [0.5, 0.6) is 0 Å². The van der Waals surface area contributed by atoms with Gasteiger partial charge in [-0.15, -0.1) is 0 Å². The molecule has 0 heterocycles. The second kappa shape index (κ2) is 7.24. The van der Waals surface area contributed by atoms with Gasteiger partial charge in [-0.05, 0) is 18.9 Å². The Balaban J connectivity index is 4.00. The van der Waals surface area contributed by atoms with Crippen molar-refractivity contribution in [2.45, 2.75) is 52.9 Å². The number of aliphatic hydroxyl groups excluding tert-OH is 1.